The molecule has 382 valence electrons. The van der Waals surface area contributed by atoms with Gasteiger partial charge in [-0.1, -0.05) is 68.0 Å². The van der Waals surface area contributed by atoms with Crippen LogP contribution in [-0.4, -0.2) is 75.1 Å². The van der Waals surface area contributed by atoms with Gasteiger partial charge in [0.1, 0.15) is 30.8 Å². The molecule has 6 atom stereocenters. The van der Waals surface area contributed by atoms with E-state index in [1.807, 2.05) is 60.4 Å². The molecule has 0 saturated heterocycles. The summed E-state index contributed by atoms with van der Waals surface area (Å²) in [6.07, 6.45) is 14.3. The highest BCUT2D eigenvalue weighted by atomic mass is 16.7. The second kappa shape index (κ2) is 23.5. The van der Waals surface area contributed by atoms with E-state index >= 15 is 4.79 Å². The van der Waals surface area contributed by atoms with Gasteiger partial charge in [-0.2, -0.15) is 0 Å². The van der Waals surface area contributed by atoms with E-state index in [1.54, 1.807) is 18.2 Å². The number of fused-ring (bicyclic) bond motifs is 3. The van der Waals surface area contributed by atoms with Gasteiger partial charge in [-0.3, -0.25) is 19.9 Å². The van der Waals surface area contributed by atoms with E-state index in [0.717, 1.165) is 73.0 Å². The van der Waals surface area contributed by atoms with Gasteiger partial charge in [0.05, 0.1) is 28.9 Å². The third-order valence-corrected chi connectivity index (χ3v) is 15.3. The molecular weight excluding hydrogens is 917 g/mol. The van der Waals surface area contributed by atoms with Gasteiger partial charge < -0.3 is 43.6 Å². The van der Waals surface area contributed by atoms with Gasteiger partial charge in [-0.05, 0) is 128 Å². The first-order valence-electron chi connectivity index (χ1n) is 25.8. The van der Waals surface area contributed by atoms with Crippen molar-refractivity contribution in [3.05, 3.63) is 141 Å². The molecule has 15 heteroatoms. The van der Waals surface area contributed by atoms with Crippen molar-refractivity contribution in [3.63, 3.8) is 0 Å². The minimum atomic E-state index is -1.46. The lowest BCUT2D eigenvalue weighted by molar-refractivity contribution is -0.384. The molecule has 1 amide bonds. The summed E-state index contributed by atoms with van der Waals surface area (Å²) in [7, 11) is 0. The number of ether oxygens (including phenoxy) is 5. The number of benzene rings is 3. The number of aryl methyl sites for hydroxylation is 1. The number of carbonyl (C=O) groups excluding carboxylic acids is 1. The summed E-state index contributed by atoms with van der Waals surface area (Å²) in [5, 5.41) is 36.7. The van der Waals surface area contributed by atoms with Gasteiger partial charge >= 0.3 is 0 Å². The maximum absolute atomic E-state index is 15.4. The Morgan fingerprint density at radius 3 is 2.46 bits per heavy atom. The number of hydrogen-bond donors (Lipinski definition) is 2. The number of nitrogens with zero attached hydrogens (tertiary/aromatic N) is 4. The Labute approximate surface area is 422 Å². The Hall–Kier alpha value is -6.29. The smallest absolute Gasteiger partial charge is 0.269 e. The molecular formula is C57H68N4O11. The molecule has 1 aromatic heterocycles. The Balaban J connectivity index is 1.21. The largest absolute Gasteiger partial charge is 0.487 e. The Bertz CT molecular complexity index is 2600. The van der Waals surface area contributed by atoms with Crippen LogP contribution in [0.1, 0.15) is 117 Å². The van der Waals surface area contributed by atoms with Crippen molar-refractivity contribution in [2.45, 2.75) is 128 Å². The van der Waals surface area contributed by atoms with Crippen LogP contribution in [0.3, 0.4) is 0 Å². The van der Waals surface area contributed by atoms with Crippen LogP contribution in [0.2, 0.25) is 0 Å². The number of nitro groups is 1. The Morgan fingerprint density at radius 1 is 0.931 bits per heavy atom. The summed E-state index contributed by atoms with van der Waals surface area (Å²) in [6, 6.07) is 23.1. The van der Waals surface area contributed by atoms with Gasteiger partial charge in [-0.25, -0.2) is 0 Å². The SMILES string of the molecule is C=CCOC12Oc3ccc(OCc4cccc(C)n4)cc3C3C(CCCCO)C(CCCCO)C=C(C(=NOCc4ccc([N+](=O)[O-])cc4)CC1N(Cc1ccc4c(c1)OCO4)C(=O)CCC1CCCC1)C32. The molecule has 3 aromatic carbocycles. The first-order valence-corrected chi connectivity index (χ1v) is 25.8. The van der Waals surface area contributed by atoms with Crippen LogP contribution in [0.4, 0.5) is 5.69 Å². The van der Waals surface area contributed by atoms with E-state index in [2.05, 4.69) is 23.7 Å². The van der Waals surface area contributed by atoms with E-state index in [4.69, 9.17) is 33.7 Å². The van der Waals surface area contributed by atoms with Crippen molar-refractivity contribution < 1.29 is 48.5 Å². The maximum atomic E-state index is 15.4. The average Bonchev–Trinajstić information content (AvgIpc) is 4.10. The summed E-state index contributed by atoms with van der Waals surface area (Å²) in [4.78, 5) is 39.4. The Kier molecular flexibility index (Phi) is 16.5. The molecule has 4 aromatic rings. The van der Waals surface area contributed by atoms with Crippen molar-refractivity contribution in [3.8, 4) is 23.0 Å². The molecule has 2 saturated carbocycles. The summed E-state index contributed by atoms with van der Waals surface area (Å²) >= 11 is 0. The zero-order chi connectivity index (χ0) is 50.0. The molecule has 15 nitrogen and oxygen atoms in total. The fraction of sp³-hybridized carbons (Fsp3) is 0.491. The number of aliphatic hydroxyl groups is 2. The van der Waals surface area contributed by atoms with Crippen LogP contribution >= 0.6 is 0 Å². The standard InChI is InChI=1S/C57H68N4O11/c1-3-29-70-57-53(60(54(64)26-20-39-12-4-5-13-39)34-41-19-24-51-52(30-41)69-37-68-51)33-49(59-71-35-40-17-21-44(22-18-40)61(65)66)47-31-42(14-6-8-27-62)46(16-7-9-28-63)55(56(47)57)48-32-45(23-25-50(48)72-57)67-36-43-15-10-11-38(2)58-43/h3,10-11,15,17-19,21-25,30-32,39,42,46,53,55-56,62-63H,1,4-9,12-14,16,20,26-29,33-37H2,2H3. The van der Waals surface area contributed by atoms with E-state index < -0.39 is 22.7 Å². The summed E-state index contributed by atoms with van der Waals surface area (Å²) in [5.74, 6) is 0.754. The molecule has 2 N–H and O–H groups in total. The third-order valence-electron chi connectivity index (χ3n) is 15.3. The molecule has 2 aliphatic heterocycles. The highest BCUT2D eigenvalue weighted by Crippen LogP contribution is 2.62. The van der Waals surface area contributed by atoms with Gasteiger partial charge in [0.25, 0.3) is 5.69 Å². The first kappa shape index (κ1) is 50.6. The monoisotopic (exact) mass is 984 g/mol. The van der Waals surface area contributed by atoms with Crippen molar-refractivity contribution in [1.82, 2.24) is 9.88 Å². The van der Waals surface area contributed by atoms with E-state index in [9.17, 15) is 20.3 Å². The number of pyridine rings is 1. The number of hydrogen-bond acceptors (Lipinski definition) is 13. The molecule has 0 spiro atoms. The van der Waals surface area contributed by atoms with Crippen LogP contribution in [0.15, 0.2) is 108 Å². The van der Waals surface area contributed by atoms with Crippen LogP contribution in [0.5, 0.6) is 23.0 Å². The van der Waals surface area contributed by atoms with Gasteiger partial charge in [0.15, 0.2) is 11.5 Å². The molecule has 2 fully saturated rings. The highest BCUT2D eigenvalue weighted by Gasteiger charge is 2.65. The number of amides is 1. The number of carbonyl (C=O) groups is 1. The predicted molar refractivity (Wildman–Crippen MR) is 270 cm³/mol. The van der Waals surface area contributed by atoms with Crippen LogP contribution in [0.25, 0.3) is 0 Å². The normalized spacial score (nSPS) is 23.4. The number of aromatic nitrogens is 1. The summed E-state index contributed by atoms with van der Waals surface area (Å²) < 4.78 is 32.9. The second-order valence-electron chi connectivity index (χ2n) is 19.9. The van der Waals surface area contributed by atoms with Crippen molar-refractivity contribution >= 4 is 17.3 Å². The lowest BCUT2D eigenvalue weighted by Crippen LogP contribution is -2.70. The highest BCUT2D eigenvalue weighted by molar-refractivity contribution is 6.03. The number of nitro benzene ring substituents is 1. The number of oxime groups is 1. The summed E-state index contributed by atoms with van der Waals surface area (Å²) in [6.45, 7) is 6.98. The Morgan fingerprint density at radius 2 is 1.69 bits per heavy atom. The lowest BCUT2D eigenvalue weighted by Gasteiger charge is -2.60. The van der Waals surface area contributed by atoms with Gasteiger partial charge in [0.2, 0.25) is 18.5 Å². The molecule has 0 radical (unpaired) electrons. The van der Waals surface area contributed by atoms with Gasteiger partial charge in [0, 0.05) is 61.9 Å². The topological polar surface area (TPSA) is 185 Å². The lowest BCUT2D eigenvalue weighted by atomic mass is 9.55. The van der Waals surface area contributed by atoms with Crippen LogP contribution < -0.4 is 18.9 Å². The zero-order valence-electron chi connectivity index (χ0n) is 41.3. The van der Waals surface area contributed by atoms with E-state index in [0.29, 0.717) is 59.5 Å². The quantitative estimate of drug-likeness (QED) is 0.0294. The van der Waals surface area contributed by atoms with E-state index in [1.165, 1.54) is 25.0 Å². The van der Waals surface area contributed by atoms with Crippen LogP contribution in [-0.2, 0) is 34.1 Å². The third kappa shape index (κ3) is 11.3. The van der Waals surface area contributed by atoms with Crippen molar-refractivity contribution in [2.24, 2.45) is 28.8 Å². The number of rotatable bonds is 24. The molecule has 3 heterocycles. The summed E-state index contributed by atoms with van der Waals surface area (Å²) in [5.41, 5.74) is 5.74. The zero-order valence-corrected chi connectivity index (χ0v) is 41.3. The molecule has 0 bridgehead atoms. The molecule has 9 rings (SSSR count). The maximum Gasteiger partial charge on any atom is 0.269 e. The number of aliphatic hydroxyl groups excluding tert-OH is 2. The number of non-ortho nitro benzene ring substituents is 1. The van der Waals surface area contributed by atoms with Crippen molar-refractivity contribution in [2.75, 3.05) is 26.6 Å². The van der Waals surface area contributed by atoms with Crippen LogP contribution in [0, 0.1) is 40.7 Å². The average molecular weight is 985 g/mol. The molecule has 3 aliphatic carbocycles. The second-order valence-corrected chi connectivity index (χ2v) is 19.9. The van der Waals surface area contributed by atoms with Crippen molar-refractivity contribution in [1.29, 1.82) is 0 Å². The number of allylic oxidation sites excluding steroid dienone is 1. The molecule has 6 unspecified atom stereocenters. The minimum absolute atomic E-state index is 0.00782. The fourth-order valence-electron chi connectivity index (χ4n) is 11.9. The predicted octanol–water partition coefficient (Wildman–Crippen LogP) is 10.4. The minimum Gasteiger partial charge on any atom is -0.487 e. The first-order chi connectivity index (χ1) is 35.2. The fourth-order valence-corrected chi connectivity index (χ4v) is 11.9. The number of unbranched alkanes of at least 4 members (excludes halogenated alkanes) is 2. The molecule has 72 heavy (non-hydrogen) atoms. The molecule has 5 aliphatic rings. The van der Waals surface area contributed by atoms with Gasteiger partial charge in [-0.15, -0.1) is 6.58 Å². The van der Waals surface area contributed by atoms with E-state index in [-0.39, 0.29) is 82.1 Å².